The molecule has 2 heterocycles. The van der Waals surface area contributed by atoms with E-state index in [1.165, 1.54) is 0 Å². The zero-order valence-electron chi connectivity index (χ0n) is 15.5. The summed E-state index contributed by atoms with van der Waals surface area (Å²) in [7, 11) is 0. The molecule has 6 nitrogen and oxygen atoms in total. The molecule has 0 bridgehead atoms. The zero-order chi connectivity index (χ0) is 19.0. The van der Waals surface area contributed by atoms with E-state index in [2.05, 4.69) is 16.2 Å². The van der Waals surface area contributed by atoms with Crippen LogP contribution in [0.5, 0.6) is 0 Å². The van der Waals surface area contributed by atoms with E-state index in [4.69, 9.17) is 10.3 Å². The van der Waals surface area contributed by atoms with E-state index in [1.807, 2.05) is 55.1 Å². The molecule has 1 fully saturated rings. The Bertz CT molecular complexity index is 958. The summed E-state index contributed by atoms with van der Waals surface area (Å²) in [6, 6.07) is 13.9. The number of amides is 1. The van der Waals surface area contributed by atoms with E-state index in [0.717, 1.165) is 27.9 Å². The van der Waals surface area contributed by atoms with E-state index < -0.39 is 5.92 Å². The summed E-state index contributed by atoms with van der Waals surface area (Å²) in [6.07, 6.45) is 0.666. The molecule has 1 amide bonds. The number of benzene rings is 2. The number of nitrogens with two attached hydrogens (primary N) is 1. The zero-order valence-corrected chi connectivity index (χ0v) is 15.5. The fraction of sp³-hybridized carbons (Fsp3) is 0.286. The second-order valence-corrected chi connectivity index (χ2v) is 7.03. The van der Waals surface area contributed by atoms with Crippen LogP contribution >= 0.6 is 0 Å². The molecule has 1 aliphatic heterocycles. The summed E-state index contributed by atoms with van der Waals surface area (Å²) in [5, 5.41) is 4.06. The molecule has 3 aromatic rings. The van der Waals surface area contributed by atoms with Gasteiger partial charge in [0.2, 0.25) is 17.6 Å². The third kappa shape index (κ3) is 3.36. The Morgan fingerprint density at radius 1 is 1.15 bits per heavy atom. The van der Waals surface area contributed by atoms with E-state index in [9.17, 15) is 4.79 Å². The molecule has 1 atom stereocenters. The Morgan fingerprint density at radius 2 is 1.85 bits per heavy atom. The van der Waals surface area contributed by atoms with Gasteiger partial charge in [-0.3, -0.25) is 4.79 Å². The standard InChI is InChI=1S/C21H22N4O2/c1-13-9-14(2)11-17(10-13)25-8-7-18(21(25)26)20-23-19(24-27-20)16-5-3-15(12-22)4-6-16/h3-6,9-11,18H,7-8,12,22H2,1-2H3. The number of anilines is 1. The molecule has 0 spiro atoms. The molecule has 0 saturated carbocycles. The molecule has 27 heavy (non-hydrogen) atoms. The molecule has 138 valence electrons. The van der Waals surface area contributed by atoms with Crippen LogP contribution in [0.2, 0.25) is 0 Å². The Kier molecular flexibility index (Phi) is 4.49. The summed E-state index contributed by atoms with van der Waals surface area (Å²) in [5.74, 6) is 0.486. The second-order valence-electron chi connectivity index (χ2n) is 7.03. The lowest BCUT2D eigenvalue weighted by Crippen LogP contribution is -2.26. The number of hydrogen-bond donors (Lipinski definition) is 1. The summed E-state index contributed by atoms with van der Waals surface area (Å²) >= 11 is 0. The van der Waals surface area contributed by atoms with Crippen molar-refractivity contribution in [2.45, 2.75) is 32.7 Å². The monoisotopic (exact) mass is 362 g/mol. The van der Waals surface area contributed by atoms with Crippen molar-refractivity contribution in [1.82, 2.24) is 10.1 Å². The average Bonchev–Trinajstić information content (AvgIpc) is 3.27. The highest BCUT2D eigenvalue weighted by Gasteiger charge is 2.37. The van der Waals surface area contributed by atoms with Gasteiger partial charge in [0.25, 0.3) is 0 Å². The van der Waals surface area contributed by atoms with Crippen LogP contribution in [-0.4, -0.2) is 22.6 Å². The summed E-state index contributed by atoms with van der Waals surface area (Å²) < 4.78 is 5.43. The van der Waals surface area contributed by atoms with Crippen molar-refractivity contribution in [2.24, 2.45) is 5.73 Å². The number of aromatic nitrogens is 2. The van der Waals surface area contributed by atoms with Gasteiger partial charge in [-0.1, -0.05) is 35.5 Å². The summed E-state index contributed by atoms with van der Waals surface area (Å²) in [4.78, 5) is 19.2. The molecule has 1 unspecified atom stereocenters. The fourth-order valence-electron chi connectivity index (χ4n) is 3.56. The van der Waals surface area contributed by atoms with Gasteiger partial charge < -0.3 is 15.2 Å². The summed E-state index contributed by atoms with van der Waals surface area (Å²) in [6.45, 7) is 5.21. The Morgan fingerprint density at radius 3 is 2.52 bits per heavy atom. The van der Waals surface area contributed by atoms with Crippen molar-refractivity contribution in [1.29, 1.82) is 0 Å². The first-order valence-corrected chi connectivity index (χ1v) is 9.08. The van der Waals surface area contributed by atoms with Gasteiger partial charge in [0.15, 0.2) is 0 Å². The minimum Gasteiger partial charge on any atom is -0.338 e. The van der Waals surface area contributed by atoms with Gasteiger partial charge in [-0.25, -0.2) is 0 Å². The van der Waals surface area contributed by atoms with Crippen LogP contribution in [0.15, 0.2) is 47.0 Å². The normalized spacial score (nSPS) is 16.9. The van der Waals surface area contributed by atoms with Gasteiger partial charge in [0, 0.05) is 24.3 Å². The molecular formula is C21H22N4O2. The minimum absolute atomic E-state index is 0.00804. The van der Waals surface area contributed by atoms with Crippen molar-refractivity contribution in [3.8, 4) is 11.4 Å². The smallest absolute Gasteiger partial charge is 0.239 e. The van der Waals surface area contributed by atoms with E-state index >= 15 is 0 Å². The maximum atomic E-state index is 12.9. The number of nitrogens with zero attached hydrogens (tertiary/aromatic N) is 3. The number of aryl methyl sites for hydroxylation is 2. The highest BCUT2D eigenvalue weighted by atomic mass is 16.5. The van der Waals surface area contributed by atoms with Crippen molar-refractivity contribution in [3.63, 3.8) is 0 Å². The number of rotatable bonds is 4. The lowest BCUT2D eigenvalue weighted by Gasteiger charge is -2.17. The van der Waals surface area contributed by atoms with Gasteiger partial charge in [0.1, 0.15) is 5.92 Å². The van der Waals surface area contributed by atoms with Crippen molar-refractivity contribution >= 4 is 11.6 Å². The van der Waals surface area contributed by atoms with Crippen molar-refractivity contribution in [3.05, 3.63) is 65.0 Å². The van der Waals surface area contributed by atoms with Gasteiger partial charge in [-0.2, -0.15) is 4.98 Å². The Hall–Kier alpha value is -2.99. The molecule has 4 rings (SSSR count). The highest BCUT2D eigenvalue weighted by molar-refractivity contribution is 5.99. The molecular weight excluding hydrogens is 340 g/mol. The predicted molar refractivity (Wildman–Crippen MR) is 103 cm³/mol. The molecule has 2 N–H and O–H groups in total. The SMILES string of the molecule is Cc1cc(C)cc(N2CCC(c3nc(-c4ccc(CN)cc4)no3)C2=O)c1. The first-order valence-electron chi connectivity index (χ1n) is 9.08. The van der Waals surface area contributed by atoms with Crippen LogP contribution < -0.4 is 10.6 Å². The van der Waals surface area contributed by atoms with Gasteiger partial charge in [-0.05, 0) is 49.1 Å². The van der Waals surface area contributed by atoms with Crippen LogP contribution in [-0.2, 0) is 11.3 Å². The Labute approximate surface area is 158 Å². The largest absolute Gasteiger partial charge is 0.338 e. The third-order valence-corrected chi connectivity index (χ3v) is 4.91. The van der Waals surface area contributed by atoms with Crippen LogP contribution in [0.4, 0.5) is 5.69 Å². The first kappa shape index (κ1) is 17.4. The Balaban J connectivity index is 1.56. The number of hydrogen-bond acceptors (Lipinski definition) is 5. The highest BCUT2D eigenvalue weighted by Crippen LogP contribution is 2.33. The van der Waals surface area contributed by atoms with Crippen LogP contribution in [0.1, 0.15) is 34.9 Å². The van der Waals surface area contributed by atoms with E-state index in [1.54, 1.807) is 0 Å². The van der Waals surface area contributed by atoms with Crippen LogP contribution in [0, 0.1) is 13.8 Å². The molecule has 6 heteroatoms. The number of carbonyl (C=O) groups is 1. The van der Waals surface area contributed by atoms with Crippen LogP contribution in [0.25, 0.3) is 11.4 Å². The lowest BCUT2D eigenvalue weighted by atomic mass is 10.1. The first-order chi connectivity index (χ1) is 13.0. The molecule has 1 saturated heterocycles. The maximum Gasteiger partial charge on any atom is 0.239 e. The lowest BCUT2D eigenvalue weighted by molar-refractivity contribution is -0.118. The van der Waals surface area contributed by atoms with Gasteiger partial charge in [-0.15, -0.1) is 0 Å². The average molecular weight is 362 g/mol. The molecule has 0 radical (unpaired) electrons. The fourth-order valence-corrected chi connectivity index (χ4v) is 3.56. The quantitative estimate of drug-likeness (QED) is 0.769. The molecule has 0 aliphatic carbocycles. The van der Waals surface area contributed by atoms with Crippen molar-refractivity contribution in [2.75, 3.05) is 11.4 Å². The molecule has 2 aromatic carbocycles. The van der Waals surface area contributed by atoms with E-state index in [0.29, 0.717) is 31.2 Å². The maximum absolute atomic E-state index is 12.9. The topological polar surface area (TPSA) is 85.2 Å². The second kappa shape index (κ2) is 6.96. The van der Waals surface area contributed by atoms with Crippen LogP contribution in [0.3, 0.4) is 0 Å². The minimum atomic E-state index is -0.393. The van der Waals surface area contributed by atoms with Gasteiger partial charge >= 0.3 is 0 Å². The molecule has 1 aromatic heterocycles. The van der Waals surface area contributed by atoms with E-state index in [-0.39, 0.29) is 5.91 Å². The van der Waals surface area contributed by atoms with Crippen molar-refractivity contribution < 1.29 is 9.32 Å². The third-order valence-electron chi connectivity index (χ3n) is 4.91. The molecule has 1 aliphatic rings. The summed E-state index contributed by atoms with van der Waals surface area (Å²) in [5.41, 5.74) is 10.7. The van der Waals surface area contributed by atoms with Gasteiger partial charge in [0.05, 0.1) is 0 Å². The number of carbonyl (C=O) groups excluding carboxylic acids is 1. The predicted octanol–water partition coefficient (Wildman–Crippen LogP) is 3.33.